The van der Waals surface area contributed by atoms with Crippen molar-refractivity contribution in [2.24, 2.45) is 0 Å². The van der Waals surface area contributed by atoms with Crippen molar-refractivity contribution in [1.82, 2.24) is 9.97 Å². The molecule has 0 bridgehead atoms. The van der Waals surface area contributed by atoms with Crippen molar-refractivity contribution in [2.75, 3.05) is 0 Å². The van der Waals surface area contributed by atoms with E-state index in [9.17, 15) is 8.78 Å². The first kappa shape index (κ1) is 15.8. The molecule has 124 valence electrons. The summed E-state index contributed by atoms with van der Waals surface area (Å²) in [5.74, 6) is -0.867. The van der Waals surface area contributed by atoms with Crippen molar-refractivity contribution >= 4 is 22.6 Å². The molecule has 0 radical (unpaired) electrons. The zero-order valence-electron chi connectivity index (χ0n) is 13.1. The quantitative estimate of drug-likeness (QED) is 0.498. The van der Waals surface area contributed by atoms with Gasteiger partial charge in [-0.15, -0.1) is 0 Å². The van der Waals surface area contributed by atoms with Crippen LogP contribution in [0.4, 0.5) is 8.78 Å². The third-order valence-corrected chi connectivity index (χ3v) is 4.43. The van der Waals surface area contributed by atoms with Crippen molar-refractivity contribution in [2.45, 2.75) is 6.42 Å². The average Bonchev–Trinajstić information content (AvgIpc) is 3.01. The minimum Gasteiger partial charge on any atom is -0.346 e. The van der Waals surface area contributed by atoms with E-state index in [2.05, 4.69) is 9.97 Å². The average molecular weight is 355 g/mol. The van der Waals surface area contributed by atoms with E-state index in [1.165, 1.54) is 6.07 Å². The van der Waals surface area contributed by atoms with Crippen LogP contribution in [0.25, 0.3) is 22.2 Å². The molecule has 2 aromatic heterocycles. The van der Waals surface area contributed by atoms with Crippen LogP contribution in [0.2, 0.25) is 5.02 Å². The predicted octanol–water partition coefficient (Wildman–Crippen LogP) is 5.75. The molecular weight excluding hydrogens is 342 g/mol. The van der Waals surface area contributed by atoms with E-state index < -0.39 is 11.6 Å². The first-order valence-electron chi connectivity index (χ1n) is 7.76. The van der Waals surface area contributed by atoms with Gasteiger partial charge in [-0.1, -0.05) is 23.7 Å². The van der Waals surface area contributed by atoms with E-state index in [0.29, 0.717) is 16.2 Å². The largest absolute Gasteiger partial charge is 0.346 e. The first-order valence-corrected chi connectivity index (χ1v) is 8.14. The van der Waals surface area contributed by atoms with E-state index in [1.54, 1.807) is 12.4 Å². The van der Waals surface area contributed by atoms with Gasteiger partial charge in [-0.3, -0.25) is 0 Å². The molecule has 2 nitrogen and oxygen atoms in total. The van der Waals surface area contributed by atoms with Crippen LogP contribution in [0.5, 0.6) is 0 Å². The van der Waals surface area contributed by atoms with Crippen LogP contribution in [-0.2, 0) is 6.42 Å². The fraction of sp³-hybridized carbons (Fsp3) is 0.0500. The maximum absolute atomic E-state index is 13.9. The number of pyridine rings is 1. The van der Waals surface area contributed by atoms with Gasteiger partial charge >= 0.3 is 0 Å². The molecule has 25 heavy (non-hydrogen) atoms. The molecule has 2 aromatic carbocycles. The number of H-pyrrole nitrogens is 1. The third-order valence-electron chi connectivity index (χ3n) is 4.18. The summed E-state index contributed by atoms with van der Waals surface area (Å²) < 4.78 is 27.3. The number of hydrogen-bond donors (Lipinski definition) is 1. The van der Waals surface area contributed by atoms with Crippen molar-refractivity contribution in [1.29, 1.82) is 0 Å². The number of benzene rings is 2. The van der Waals surface area contributed by atoms with Crippen LogP contribution < -0.4 is 0 Å². The number of rotatable bonds is 3. The second-order valence-corrected chi connectivity index (χ2v) is 6.29. The minimum atomic E-state index is -0.448. The zero-order chi connectivity index (χ0) is 17.4. The number of halogens is 3. The molecule has 0 aliphatic heterocycles. The highest BCUT2D eigenvalue weighted by atomic mass is 35.5. The Morgan fingerprint density at radius 1 is 0.920 bits per heavy atom. The van der Waals surface area contributed by atoms with Crippen LogP contribution in [-0.4, -0.2) is 9.97 Å². The highest BCUT2D eigenvalue weighted by molar-refractivity contribution is 6.30. The van der Waals surface area contributed by atoms with Gasteiger partial charge < -0.3 is 4.98 Å². The summed E-state index contributed by atoms with van der Waals surface area (Å²) in [5.41, 5.74) is 3.82. The number of nitrogens with one attached hydrogen (secondary N) is 1. The molecule has 0 amide bonds. The lowest BCUT2D eigenvalue weighted by Gasteiger charge is -2.05. The Labute approximate surface area is 148 Å². The van der Waals surface area contributed by atoms with Gasteiger partial charge in [-0.05, 0) is 53.1 Å². The second kappa shape index (κ2) is 6.30. The maximum Gasteiger partial charge on any atom is 0.137 e. The van der Waals surface area contributed by atoms with Crippen LogP contribution in [0, 0.1) is 11.6 Å². The number of nitrogens with zero attached hydrogens (tertiary/aromatic N) is 1. The minimum absolute atomic E-state index is 0.287. The molecule has 0 fully saturated rings. The van der Waals surface area contributed by atoms with E-state index in [4.69, 9.17) is 11.6 Å². The van der Waals surface area contributed by atoms with Crippen molar-refractivity contribution in [3.8, 4) is 11.1 Å². The van der Waals surface area contributed by atoms with E-state index >= 15 is 0 Å². The molecule has 1 N–H and O–H groups in total. The van der Waals surface area contributed by atoms with Gasteiger partial charge in [0.25, 0.3) is 0 Å². The van der Waals surface area contributed by atoms with E-state index in [-0.39, 0.29) is 6.42 Å². The van der Waals surface area contributed by atoms with Crippen LogP contribution in [0.1, 0.15) is 11.1 Å². The molecule has 0 spiro atoms. The smallest absolute Gasteiger partial charge is 0.137 e. The number of aromatic nitrogens is 2. The first-order chi connectivity index (χ1) is 12.1. The third kappa shape index (κ3) is 3.13. The fourth-order valence-corrected chi connectivity index (χ4v) is 3.01. The fourth-order valence-electron chi connectivity index (χ4n) is 2.89. The Kier molecular flexibility index (Phi) is 3.98. The summed E-state index contributed by atoms with van der Waals surface area (Å²) >= 11 is 5.93. The topological polar surface area (TPSA) is 28.7 Å². The second-order valence-electron chi connectivity index (χ2n) is 5.85. The van der Waals surface area contributed by atoms with Gasteiger partial charge in [0.15, 0.2) is 0 Å². The number of aromatic amines is 1. The molecule has 4 aromatic rings. The lowest BCUT2D eigenvalue weighted by Crippen LogP contribution is -1.93. The zero-order valence-corrected chi connectivity index (χ0v) is 13.8. The summed E-state index contributed by atoms with van der Waals surface area (Å²) in [4.78, 5) is 7.51. The molecule has 5 heteroatoms. The molecule has 2 heterocycles. The Morgan fingerprint density at radius 2 is 1.72 bits per heavy atom. The SMILES string of the molecule is Fc1ccc(F)c(Cc2c[nH]c3ncc(-c4ccc(Cl)cc4)cc23)c1. The Bertz CT molecular complexity index is 1060. The van der Waals surface area contributed by atoms with Gasteiger partial charge in [-0.2, -0.15) is 0 Å². The molecule has 0 saturated carbocycles. The summed E-state index contributed by atoms with van der Waals surface area (Å²) in [6.07, 6.45) is 3.84. The molecular formula is C20H13ClF2N2. The van der Waals surface area contributed by atoms with Crippen LogP contribution >= 0.6 is 11.6 Å². The van der Waals surface area contributed by atoms with Gasteiger partial charge in [0.05, 0.1) is 0 Å². The summed E-state index contributed by atoms with van der Waals surface area (Å²) in [6.45, 7) is 0. The number of fused-ring (bicyclic) bond motifs is 1. The lowest BCUT2D eigenvalue weighted by atomic mass is 10.0. The molecule has 0 atom stereocenters. The normalized spacial score (nSPS) is 11.2. The molecule has 0 unspecified atom stereocenters. The van der Waals surface area contributed by atoms with E-state index in [1.807, 2.05) is 30.3 Å². The van der Waals surface area contributed by atoms with Crippen molar-refractivity contribution in [3.63, 3.8) is 0 Å². The summed E-state index contributed by atoms with van der Waals surface area (Å²) in [6, 6.07) is 13.0. The molecule has 4 rings (SSSR count). The molecule has 0 aliphatic carbocycles. The summed E-state index contributed by atoms with van der Waals surface area (Å²) in [7, 11) is 0. The predicted molar refractivity (Wildman–Crippen MR) is 95.7 cm³/mol. The highest BCUT2D eigenvalue weighted by Gasteiger charge is 2.11. The maximum atomic E-state index is 13.9. The van der Waals surface area contributed by atoms with E-state index in [0.717, 1.165) is 34.2 Å². The standard InChI is InChI=1S/C20H13ClF2N2/c21-16-3-1-12(2-4-16)14-9-18-15(11-25-20(18)24-10-14)7-13-8-17(22)5-6-19(13)23/h1-6,8-11H,7H2,(H,24,25). The van der Waals surface area contributed by atoms with Gasteiger partial charge in [0, 0.05) is 34.8 Å². The van der Waals surface area contributed by atoms with Gasteiger partial charge in [0.1, 0.15) is 17.3 Å². The Hall–Kier alpha value is -2.72. The van der Waals surface area contributed by atoms with Crippen LogP contribution in [0.3, 0.4) is 0 Å². The highest BCUT2D eigenvalue weighted by Crippen LogP contribution is 2.27. The van der Waals surface area contributed by atoms with Crippen molar-refractivity contribution < 1.29 is 8.78 Å². The lowest BCUT2D eigenvalue weighted by molar-refractivity contribution is 0.588. The Morgan fingerprint density at radius 3 is 2.52 bits per heavy atom. The summed E-state index contributed by atoms with van der Waals surface area (Å²) in [5, 5.41) is 1.55. The Balaban J connectivity index is 1.76. The van der Waals surface area contributed by atoms with Crippen molar-refractivity contribution in [3.05, 3.63) is 88.7 Å². The molecule has 0 saturated heterocycles. The van der Waals surface area contributed by atoms with Crippen LogP contribution in [0.15, 0.2) is 60.9 Å². The van der Waals surface area contributed by atoms with Gasteiger partial charge in [-0.25, -0.2) is 13.8 Å². The number of hydrogen-bond acceptors (Lipinski definition) is 1. The van der Waals surface area contributed by atoms with Gasteiger partial charge in [0.2, 0.25) is 0 Å². The monoisotopic (exact) mass is 354 g/mol. The molecule has 0 aliphatic rings.